The van der Waals surface area contributed by atoms with Crippen molar-refractivity contribution >= 4 is 28.9 Å². The Morgan fingerprint density at radius 1 is 1.17 bits per heavy atom. The SMILES string of the molecule is NC(=O)COc1ccccc1C1=Nc2ccccc2NC(=O)C1. The summed E-state index contributed by atoms with van der Waals surface area (Å²) in [5, 5.41) is 2.82. The van der Waals surface area contributed by atoms with Gasteiger partial charge >= 0.3 is 0 Å². The van der Waals surface area contributed by atoms with Crippen LogP contribution >= 0.6 is 0 Å². The van der Waals surface area contributed by atoms with Gasteiger partial charge in [-0.1, -0.05) is 24.3 Å². The van der Waals surface area contributed by atoms with Gasteiger partial charge in [-0.3, -0.25) is 9.59 Å². The number of amides is 2. The summed E-state index contributed by atoms with van der Waals surface area (Å²) in [4.78, 5) is 27.6. The topological polar surface area (TPSA) is 93.8 Å². The first-order valence-corrected chi connectivity index (χ1v) is 7.10. The number of para-hydroxylation sites is 3. The molecule has 2 aromatic carbocycles. The Bertz CT molecular complexity index is 799. The summed E-state index contributed by atoms with van der Waals surface area (Å²) in [6.45, 7) is -0.229. The Balaban J connectivity index is 2.02. The summed E-state index contributed by atoms with van der Waals surface area (Å²) >= 11 is 0. The molecule has 0 aromatic heterocycles. The van der Waals surface area contributed by atoms with Crippen LogP contribution in [0.4, 0.5) is 11.4 Å². The van der Waals surface area contributed by atoms with Gasteiger partial charge < -0.3 is 15.8 Å². The number of benzene rings is 2. The molecule has 0 radical (unpaired) electrons. The Hall–Kier alpha value is -3.15. The molecule has 0 saturated heterocycles. The fourth-order valence-corrected chi connectivity index (χ4v) is 2.34. The third-order valence-electron chi connectivity index (χ3n) is 3.33. The fraction of sp³-hybridized carbons (Fsp3) is 0.118. The maximum Gasteiger partial charge on any atom is 0.255 e. The monoisotopic (exact) mass is 309 g/mol. The minimum absolute atomic E-state index is 0.117. The van der Waals surface area contributed by atoms with Crippen molar-refractivity contribution in [2.24, 2.45) is 10.7 Å². The number of anilines is 1. The number of fused-ring (bicyclic) bond motifs is 1. The van der Waals surface area contributed by atoms with Gasteiger partial charge in [-0.25, -0.2) is 4.99 Å². The van der Waals surface area contributed by atoms with Crippen LogP contribution in [-0.2, 0) is 9.59 Å². The predicted molar refractivity (Wildman–Crippen MR) is 87.0 cm³/mol. The van der Waals surface area contributed by atoms with Gasteiger partial charge in [0.25, 0.3) is 5.91 Å². The summed E-state index contributed by atoms with van der Waals surface area (Å²) < 4.78 is 5.43. The lowest BCUT2D eigenvalue weighted by atomic mass is 10.1. The molecule has 0 saturated carbocycles. The standard InChI is InChI=1S/C17H15N3O3/c18-16(21)10-23-15-8-4-1-5-11(15)14-9-17(22)20-13-7-3-2-6-12(13)19-14/h1-8H,9-10H2,(H2,18,21)(H,20,22). The average Bonchev–Trinajstić information content (AvgIpc) is 2.71. The molecular formula is C17H15N3O3. The first-order valence-electron chi connectivity index (χ1n) is 7.10. The highest BCUT2D eigenvalue weighted by molar-refractivity contribution is 6.17. The van der Waals surface area contributed by atoms with Gasteiger partial charge in [-0.05, 0) is 24.3 Å². The number of primary amides is 1. The van der Waals surface area contributed by atoms with Crippen molar-refractivity contribution < 1.29 is 14.3 Å². The number of aliphatic imine (C=N–C) groups is 1. The number of nitrogens with zero attached hydrogens (tertiary/aromatic N) is 1. The molecule has 1 aliphatic rings. The zero-order valence-electron chi connectivity index (χ0n) is 12.3. The molecule has 23 heavy (non-hydrogen) atoms. The second-order valence-corrected chi connectivity index (χ2v) is 5.05. The smallest absolute Gasteiger partial charge is 0.255 e. The molecule has 6 heteroatoms. The lowest BCUT2D eigenvalue weighted by molar-refractivity contribution is -0.120. The minimum atomic E-state index is -0.564. The Kier molecular flexibility index (Phi) is 4.05. The zero-order chi connectivity index (χ0) is 16.2. The van der Waals surface area contributed by atoms with E-state index in [4.69, 9.17) is 10.5 Å². The highest BCUT2D eigenvalue weighted by atomic mass is 16.5. The summed E-state index contributed by atoms with van der Waals surface area (Å²) in [7, 11) is 0. The second-order valence-electron chi connectivity index (χ2n) is 5.05. The zero-order valence-corrected chi connectivity index (χ0v) is 12.3. The van der Waals surface area contributed by atoms with Crippen LogP contribution in [0.2, 0.25) is 0 Å². The molecule has 0 bridgehead atoms. The van der Waals surface area contributed by atoms with E-state index >= 15 is 0 Å². The molecule has 0 unspecified atom stereocenters. The Labute approximate surface area is 133 Å². The Morgan fingerprint density at radius 3 is 2.74 bits per heavy atom. The van der Waals surface area contributed by atoms with Crippen LogP contribution in [0.25, 0.3) is 0 Å². The van der Waals surface area contributed by atoms with Crippen molar-refractivity contribution in [2.45, 2.75) is 6.42 Å². The first kappa shape index (κ1) is 14.8. The summed E-state index contributed by atoms with van der Waals surface area (Å²) in [5.41, 5.74) is 7.71. The number of nitrogens with two attached hydrogens (primary N) is 1. The largest absolute Gasteiger partial charge is 0.483 e. The van der Waals surface area contributed by atoms with Crippen LogP contribution < -0.4 is 15.8 Å². The Morgan fingerprint density at radius 2 is 1.91 bits per heavy atom. The third kappa shape index (κ3) is 3.37. The van der Waals surface area contributed by atoms with Gasteiger partial charge in [0.2, 0.25) is 5.91 Å². The van der Waals surface area contributed by atoms with E-state index in [9.17, 15) is 9.59 Å². The van der Waals surface area contributed by atoms with Crippen molar-refractivity contribution in [3.05, 3.63) is 54.1 Å². The van der Waals surface area contributed by atoms with Gasteiger partial charge in [0, 0.05) is 5.56 Å². The number of ether oxygens (including phenoxy) is 1. The van der Waals surface area contributed by atoms with Gasteiger partial charge in [0.15, 0.2) is 6.61 Å². The number of nitrogens with one attached hydrogen (secondary N) is 1. The summed E-state index contributed by atoms with van der Waals surface area (Å²) in [5.74, 6) is -0.249. The molecule has 116 valence electrons. The number of carbonyl (C=O) groups excluding carboxylic acids is 2. The minimum Gasteiger partial charge on any atom is -0.483 e. The predicted octanol–water partition coefficient (Wildman–Crippen LogP) is 2.01. The molecule has 6 nitrogen and oxygen atoms in total. The molecule has 0 aliphatic carbocycles. The number of carbonyl (C=O) groups is 2. The van der Waals surface area contributed by atoms with E-state index in [1.807, 2.05) is 24.3 Å². The molecule has 1 heterocycles. The molecule has 3 N–H and O–H groups in total. The molecule has 2 aromatic rings. The van der Waals surface area contributed by atoms with Crippen LogP contribution in [0.15, 0.2) is 53.5 Å². The van der Waals surface area contributed by atoms with Crippen molar-refractivity contribution in [3.63, 3.8) is 0 Å². The lowest BCUT2D eigenvalue weighted by Crippen LogP contribution is -2.21. The molecule has 1 aliphatic heterocycles. The maximum atomic E-state index is 12.1. The van der Waals surface area contributed by atoms with Crippen LogP contribution in [-0.4, -0.2) is 24.1 Å². The van der Waals surface area contributed by atoms with Crippen molar-refractivity contribution in [1.82, 2.24) is 0 Å². The number of hydrogen-bond acceptors (Lipinski definition) is 4. The van der Waals surface area contributed by atoms with Crippen LogP contribution in [0.5, 0.6) is 5.75 Å². The van der Waals surface area contributed by atoms with Crippen LogP contribution in [0.1, 0.15) is 12.0 Å². The molecule has 2 amide bonds. The summed E-state index contributed by atoms with van der Waals surface area (Å²) in [6.07, 6.45) is 0.117. The lowest BCUT2D eigenvalue weighted by Gasteiger charge is -2.11. The van der Waals surface area contributed by atoms with Crippen LogP contribution in [0, 0.1) is 0 Å². The van der Waals surface area contributed by atoms with Gasteiger partial charge in [0.05, 0.1) is 23.5 Å². The van der Waals surface area contributed by atoms with E-state index < -0.39 is 5.91 Å². The number of rotatable bonds is 4. The third-order valence-corrected chi connectivity index (χ3v) is 3.33. The molecule has 0 atom stereocenters. The second kappa shape index (κ2) is 6.31. The molecule has 3 rings (SSSR count). The normalized spacial score (nSPS) is 13.4. The van der Waals surface area contributed by atoms with E-state index in [-0.39, 0.29) is 18.9 Å². The van der Waals surface area contributed by atoms with E-state index in [0.717, 1.165) is 0 Å². The van der Waals surface area contributed by atoms with Crippen LogP contribution in [0.3, 0.4) is 0 Å². The highest BCUT2D eigenvalue weighted by Gasteiger charge is 2.19. The fourth-order valence-electron chi connectivity index (χ4n) is 2.34. The molecule has 0 fully saturated rings. The van der Waals surface area contributed by atoms with Gasteiger partial charge in [0.1, 0.15) is 5.75 Å². The van der Waals surface area contributed by atoms with E-state index in [1.165, 1.54) is 0 Å². The van der Waals surface area contributed by atoms with Crippen molar-refractivity contribution in [3.8, 4) is 5.75 Å². The van der Waals surface area contributed by atoms with Gasteiger partial charge in [-0.15, -0.1) is 0 Å². The van der Waals surface area contributed by atoms with E-state index in [2.05, 4.69) is 10.3 Å². The summed E-state index contributed by atoms with van der Waals surface area (Å²) in [6, 6.07) is 14.4. The molecular weight excluding hydrogens is 294 g/mol. The van der Waals surface area contributed by atoms with Crippen molar-refractivity contribution in [1.29, 1.82) is 0 Å². The van der Waals surface area contributed by atoms with E-state index in [1.54, 1.807) is 24.3 Å². The molecule has 0 spiro atoms. The quantitative estimate of drug-likeness (QED) is 0.904. The van der Waals surface area contributed by atoms with E-state index in [0.29, 0.717) is 28.4 Å². The average molecular weight is 309 g/mol. The maximum absolute atomic E-state index is 12.1. The van der Waals surface area contributed by atoms with Gasteiger partial charge in [-0.2, -0.15) is 0 Å². The highest BCUT2D eigenvalue weighted by Crippen LogP contribution is 2.30. The first-order chi connectivity index (χ1) is 11.1. The van der Waals surface area contributed by atoms with Crippen molar-refractivity contribution in [2.75, 3.05) is 11.9 Å². The number of hydrogen-bond donors (Lipinski definition) is 2.